The fourth-order valence-electron chi connectivity index (χ4n) is 1.61. The summed E-state index contributed by atoms with van der Waals surface area (Å²) >= 11 is 0. The molecule has 0 atom stereocenters. The first kappa shape index (κ1) is 12.1. The van der Waals surface area contributed by atoms with Gasteiger partial charge in [0.2, 0.25) is 0 Å². The molecule has 0 bridgehead atoms. The van der Waals surface area contributed by atoms with Gasteiger partial charge in [-0.25, -0.2) is 4.68 Å². The molecular formula is C12H13N3O3. The van der Waals surface area contributed by atoms with Crippen molar-refractivity contribution in [2.75, 3.05) is 0 Å². The standard InChI is InChI=1S/C12H13N3O3/c1-9-3-4-12(10(2)5-9)18-8-14-7-11(6-13-14)15(16)17/h3-7H,8H2,1-2H3. The van der Waals surface area contributed by atoms with Gasteiger partial charge >= 0.3 is 5.69 Å². The Morgan fingerprint density at radius 2 is 2.22 bits per heavy atom. The van der Waals surface area contributed by atoms with Gasteiger partial charge < -0.3 is 4.74 Å². The van der Waals surface area contributed by atoms with Crippen molar-refractivity contribution in [3.8, 4) is 5.75 Å². The zero-order valence-corrected chi connectivity index (χ0v) is 10.2. The summed E-state index contributed by atoms with van der Waals surface area (Å²) in [5.74, 6) is 0.749. The minimum atomic E-state index is -0.485. The molecule has 0 aliphatic heterocycles. The lowest BCUT2D eigenvalue weighted by Crippen LogP contribution is -2.06. The van der Waals surface area contributed by atoms with Crippen LogP contribution in [0.15, 0.2) is 30.6 Å². The Morgan fingerprint density at radius 3 is 2.83 bits per heavy atom. The molecule has 2 rings (SSSR count). The molecule has 2 aromatic rings. The van der Waals surface area contributed by atoms with Gasteiger partial charge in [0.1, 0.15) is 18.1 Å². The Hall–Kier alpha value is -2.37. The maximum Gasteiger partial charge on any atom is 0.307 e. The molecule has 0 aliphatic carbocycles. The number of rotatable bonds is 4. The van der Waals surface area contributed by atoms with E-state index in [-0.39, 0.29) is 12.4 Å². The van der Waals surface area contributed by atoms with Crippen LogP contribution in [0.2, 0.25) is 0 Å². The summed E-state index contributed by atoms with van der Waals surface area (Å²) in [6.07, 6.45) is 2.54. The molecule has 0 spiro atoms. The van der Waals surface area contributed by atoms with Crippen LogP contribution in [0.3, 0.4) is 0 Å². The third-order valence-electron chi connectivity index (χ3n) is 2.51. The number of aromatic nitrogens is 2. The Bertz CT molecular complexity index is 578. The highest BCUT2D eigenvalue weighted by molar-refractivity contribution is 5.35. The van der Waals surface area contributed by atoms with Gasteiger partial charge in [-0.05, 0) is 25.5 Å². The van der Waals surface area contributed by atoms with Crippen LogP contribution < -0.4 is 4.74 Å². The largest absolute Gasteiger partial charge is 0.471 e. The first-order valence-electron chi connectivity index (χ1n) is 5.43. The van der Waals surface area contributed by atoms with Gasteiger partial charge in [-0.2, -0.15) is 5.10 Å². The van der Waals surface area contributed by atoms with Crippen molar-refractivity contribution >= 4 is 5.69 Å². The molecule has 6 heteroatoms. The number of nitro groups is 1. The lowest BCUT2D eigenvalue weighted by atomic mass is 10.1. The summed E-state index contributed by atoms with van der Waals surface area (Å²) in [7, 11) is 0. The van der Waals surface area contributed by atoms with Crippen molar-refractivity contribution in [1.29, 1.82) is 0 Å². The molecule has 1 heterocycles. The number of hydrogen-bond acceptors (Lipinski definition) is 4. The molecule has 0 saturated heterocycles. The minimum absolute atomic E-state index is 0.0424. The van der Waals surface area contributed by atoms with E-state index < -0.39 is 4.92 Å². The molecule has 94 valence electrons. The van der Waals surface area contributed by atoms with Gasteiger partial charge in [-0.3, -0.25) is 10.1 Å². The van der Waals surface area contributed by atoms with E-state index in [2.05, 4.69) is 5.10 Å². The molecule has 0 fully saturated rings. The summed E-state index contributed by atoms with van der Waals surface area (Å²) in [6, 6.07) is 5.84. The van der Waals surface area contributed by atoms with Gasteiger partial charge in [-0.1, -0.05) is 17.7 Å². The first-order chi connectivity index (χ1) is 8.56. The van der Waals surface area contributed by atoms with Crippen molar-refractivity contribution < 1.29 is 9.66 Å². The van der Waals surface area contributed by atoms with Gasteiger partial charge in [0.15, 0.2) is 6.73 Å². The van der Waals surface area contributed by atoms with Gasteiger partial charge in [-0.15, -0.1) is 0 Å². The summed E-state index contributed by atoms with van der Waals surface area (Å²) in [5, 5.41) is 14.3. The summed E-state index contributed by atoms with van der Waals surface area (Å²) in [5.41, 5.74) is 2.14. The zero-order chi connectivity index (χ0) is 13.1. The molecule has 18 heavy (non-hydrogen) atoms. The molecule has 0 amide bonds. The first-order valence-corrected chi connectivity index (χ1v) is 5.43. The molecule has 6 nitrogen and oxygen atoms in total. The lowest BCUT2D eigenvalue weighted by Gasteiger charge is -2.09. The van der Waals surface area contributed by atoms with Crippen LogP contribution in [0.25, 0.3) is 0 Å². The maximum atomic E-state index is 10.5. The van der Waals surface area contributed by atoms with Crippen LogP contribution in [0.1, 0.15) is 11.1 Å². The number of hydrogen-bond donors (Lipinski definition) is 0. The second-order valence-electron chi connectivity index (χ2n) is 4.04. The number of aryl methyl sites for hydroxylation is 2. The Labute approximate surface area is 104 Å². The smallest absolute Gasteiger partial charge is 0.307 e. The minimum Gasteiger partial charge on any atom is -0.471 e. The highest BCUT2D eigenvalue weighted by Gasteiger charge is 2.09. The van der Waals surface area contributed by atoms with Crippen LogP contribution in [0.4, 0.5) is 5.69 Å². The van der Waals surface area contributed by atoms with Gasteiger partial charge in [0.25, 0.3) is 0 Å². The van der Waals surface area contributed by atoms with Crippen LogP contribution in [0, 0.1) is 24.0 Å². The van der Waals surface area contributed by atoms with Crippen molar-refractivity contribution in [3.05, 3.63) is 51.8 Å². The predicted octanol–water partition coefficient (Wildman–Crippen LogP) is 2.44. The normalized spacial score (nSPS) is 10.3. The van der Waals surface area contributed by atoms with E-state index in [1.54, 1.807) is 0 Å². The van der Waals surface area contributed by atoms with E-state index in [4.69, 9.17) is 4.74 Å². The van der Waals surface area contributed by atoms with Crippen molar-refractivity contribution in [2.45, 2.75) is 20.6 Å². The molecule has 0 N–H and O–H groups in total. The second-order valence-corrected chi connectivity index (χ2v) is 4.04. The molecule has 0 unspecified atom stereocenters. The highest BCUT2D eigenvalue weighted by Crippen LogP contribution is 2.19. The Morgan fingerprint density at radius 1 is 1.44 bits per heavy atom. The van der Waals surface area contributed by atoms with E-state index >= 15 is 0 Å². The van der Waals surface area contributed by atoms with Gasteiger partial charge in [0, 0.05) is 0 Å². The van der Waals surface area contributed by atoms with Crippen LogP contribution in [-0.2, 0) is 6.73 Å². The fourth-order valence-corrected chi connectivity index (χ4v) is 1.61. The number of ether oxygens (including phenoxy) is 1. The summed E-state index contributed by atoms with van der Waals surface area (Å²) < 4.78 is 6.94. The second kappa shape index (κ2) is 4.87. The van der Waals surface area contributed by atoms with Crippen LogP contribution >= 0.6 is 0 Å². The number of benzene rings is 1. The third kappa shape index (κ3) is 2.65. The molecular weight excluding hydrogens is 234 g/mol. The Kier molecular flexibility index (Phi) is 3.27. The zero-order valence-electron chi connectivity index (χ0n) is 10.2. The Balaban J connectivity index is 2.04. The molecule has 0 radical (unpaired) electrons. The lowest BCUT2D eigenvalue weighted by molar-refractivity contribution is -0.385. The fraction of sp³-hybridized carbons (Fsp3) is 0.250. The molecule has 1 aromatic carbocycles. The molecule has 0 saturated carbocycles. The van der Waals surface area contributed by atoms with E-state index in [1.807, 2.05) is 32.0 Å². The molecule has 0 aliphatic rings. The van der Waals surface area contributed by atoms with Crippen molar-refractivity contribution in [1.82, 2.24) is 9.78 Å². The SMILES string of the molecule is Cc1ccc(OCn2cc([N+](=O)[O-])cn2)c(C)c1. The summed E-state index contributed by atoms with van der Waals surface area (Å²) in [4.78, 5) is 10.0. The van der Waals surface area contributed by atoms with Gasteiger partial charge in [0.05, 0.1) is 4.92 Å². The monoisotopic (exact) mass is 247 g/mol. The quantitative estimate of drug-likeness (QED) is 0.614. The van der Waals surface area contributed by atoms with Crippen LogP contribution in [0.5, 0.6) is 5.75 Å². The van der Waals surface area contributed by atoms with Crippen molar-refractivity contribution in [2.24, 2.45) is 0 Å². The highest BCUT2D eigenvalue weighted by atomic mass is 16.6. The maximum absolute atomic E-state index is 10.5. The summed E-state index contributed by atoms with van der Waals surface area (Å²) in [6.45, 7) is 4.11. The van der Waals surface area contributed by atoms with E-state index in [1.165, 1.54) is 17.1 Å². The third-order valence-corrected chi connectivity index (χ3v) is 2.51. The van der Waals surface area contributed by atoms with E-state index in [0.29, 0.717) is 0 Å². The van der Waals surface area contributed by atoms with E-state index in [0.717, 1.165) is 16.9 Å². The van der Waals surface area contributed by atoms with Crippen LogP contribution in [-0.4, -0.2) is 14.7 Å². The average molecular weight is 247 g/mol. The average Bonchev–Trinajstić information content (AvgIpc) is 2.76. The number of nitrogens with zero attached hydrogens (tertiary/aromatic N) is 3. The van der Waals surface area contributed by atoms with E-state index in [9.17, 15) is 10.1 Å². The molecule has 1 aromatic heterocycles. The predicted molar refractivity (Wildman–Crippen MR) is 65.4 cm³/mol. The van der Waals surface area contributed by atoms with Crippen molar-refractivity contribution in [3.63, 3.8) is 0 Å². The topological polar surface area (TPSA) is 70.2 Å².